The van der Waals surface area contributed by atoms with E-state index in [2.05, 4.69) is 31.3 Å². The molecular formula is C18H21NOS. The van der Waals surface area contributed by atoms with Crippen LogP contribution in [0, 0.1) is 6.92 Å². The lowest BCUT2D eigenvalue weighted by Crippen LogP contribution is -2.23. The molecule has 2 aromatic rings. The second-order valence-corrected chi connectivity index (χ2v) is 6.15. The zero-order valence-corrected chi connectivity index (χ0v) is 13.4. The fraction of sp³-hybridized carbons (Fsp3) is 0.278. The average Bonchev–Trinajstić information content (AvgIpc) is 2.52. The van der Waals surface area contributed by atoms with Crippen molar-refractivity contribution in [3.8, 4) is 0 Å². The predicted octanol–water partition coefficient (Wildman–Crippen LogP) is 4.43. The predicted molar refractivity (Wildman–Crippen MR) is 89.8 cm³/mol. The summed E-state index contributed by atoms with van der Waals surface area (Å²) in [5.74, 6) is 1.03. The van der Waals surface area contributed by atoms with Crippen molar-refractivity contribution in [1.82, 2.24) is 5.32 Å². The van der Waals surface area contributed by atoms with Crippen LogP contribution in [0.15, 0.2) is 53.4 Å². The third-order valence-electron chi connectivity index (χ3n) is 3.17. The third kappa shape index (κ3) is 4.64. The highest BCUT2D eigenvalue weighted by Crippen LogP contribution is 2.23. The molecule has 0 aliphatic heterocycles. The molecule has 0 fully saturated rings. The van der Waals surface area contributed by atoms with E-state index in [0.29, 0.717) is 6.54 Å². The lowest BCUT2D eigenvalue weighted by Gasteiger charge is -2.10. The maximum absolute atomic E-state index is 12.3. The largest absolute Gasteiger partial charge is 0.348 e. The van der Waals surface area contributed by atoms with Crippen molar-refractivity contribution in [1.29, 1.82) is 0 Å². The van der Waals surface area contributed by atoms with E-state index in [1.54, 1.807) is 11.8 Å². The number of hydrogen-bond donors (Lipinski definition) is 1. The van der Waals surface area contributed by atoms with Gasteiger partial charge in [0, 0.05) is 11.4 Å². The molecule has 2 nitrogen and oxygen atoms in total. The molecule has 0 aromatic heterocycles. The number of nitrogens with one attached hydrogen (secondary N) is 1. The summed E-state index contributed by atoms with van der Waals surface area (Å²) in [4.78, 5) is 13.4. The van der Waals surface area contributed by atoms with E-state index in [1.165, 1.54) is 5.56 Å². The minimum atomic E-state index is -0.00484. The lowest BCUT2D eigenvalue weighted by atomic mass is 10.1. The molecule has 1 amide bonds. The third-order valence-corrected chi connectivity index (χ3v) is 4.45. The number of aryl methyl sites for hydroxylation is 1. The Morgan fingerprint density at radius 3 is 2.52 bits per heavy atom. The summed E-state index contributed by atoms with van der Waals surface area (Å²) in [6.45, 7) is 4.77. The van der Waals surface area contributed by atoms with Gasteiger partial charge in [0.2, 0.25) is 0 Å². The van der Waals surface area contributed by atoms with Crippen LogP contribution in [0.2, 0.25) is 0 Å². The monoisotopic (exact) mass is 299 g/mol. The van der Waals surface area contributed by atoms with Crippen LogP contribution in [-0.4, -0.2) is 11.7 Å². The van der Waals surface area contributed by atoms with Crippen molar-refractivity contribution in [2.24, 2.45) is 0 Å². The van der Waals surface area contributed by atoms with Gasteiger partial charge in [-0.2, -0.15) is 0 Å². The molecule has 0 aliphatic rings. The fourth-order valence-corrected chi connectivity index (χ4v) is 2.89. The van der Waals surface area contributed by atoms with Gasteiger partial charge in [0.1, 0.15) is 0 Å². The summed E-state index contributed by atoms with van der Waals surface area (Å²) in [5, 5.41) is 3.00. The molecule has 0 saturated carbocycles. The highest BCUT2D eigenvalue weighted by atomic mass is 32.2. The number of carbonyl (C=O) groups excluding carboxylic acids is 1. The molecule has 110 valence electrons. The molecule has 0 unspecified atom stereocenters. The molecular weight excluding hydrogens is 278 g/mol. The standard InChI is InChI=1S/C18H21NOS/c1-3-12-21-17-7-5-4-6-16(17)18(20)19-13-15-10-8-14(2)9-11-15/h4-11H,3,12-13H2,1-2H3,(H,19,20). The summed E-state index contributed by atoms with van der Waals surface area (Å²) in [7, 11) is 0. The first-order valence-electron chi connectivity index (χ1n) is 7.26. The van der Waals surface area contributed by atoms with Gasteiger partial charge >= 0.3 is 0 Å². The number of amides is 1. The molecule has 0 aliphatic carbocycles. The molecule has 1 N–H and O–H groups in total. The number of carbonyl (C=O) groups is 1. The van der Waals surface area contributed by atoms with Gasteiger partial charge in [-0.3, -0.25) is 4.79 Å². The van der Waals surface area contributed by atoms with Crippen LogP contribution in [0.5, 0.6) is 0 Å². The van der Waals surface area contributed by atoms with Gasteiger partial charge in [0.25, 0.3) is 5.91 Å². The van der Waals surface area contributed by atoms with Crippen molar-refractivity contribution < 1.29 is 4.79 Å². The lowest BCUT2D eigenvalue weighted by molar-refractivity contribution is 0.0948. The van der Waals surface area contributed by atoms with Crippen molar-refractivity contribution in [2.45, 2.75) is 31.7 Å². The zero-order valence-electron chi connectivity index (χ0n) is 12.6. The molecule has 0 spiro atoms. The number of thioether (sulfide) groups is 1. The smallest absolute Gasteiger partial charge is 0.252 e. The first kappa shape index (κ1) is 15.6. The van der Waals surface area contributed by atoms with Gasteiger partial charge < -0.3 is 5.32 Å². The Morgan fingerprint density at radius 2 is 1.81 bits per heavy atom. The Kier molecular flexibility index (Phi) is 5.88. The van der Waals surface area contributed by atoms with Gasteiger partial charge in [-0.25, -0.2) is 0 Å². The number of rotatable bonds is 6. The highest BCUT2D eigenvalue weighted by Gasteiger charge is 2.10. The van der Waals surface area contributed by atoms with E-state index in [0.717, 1.165) is 28.2 Å². The van der Waals surface area contributed by atoms with E-state index in [-0.39, 0.29) is 5.91 Å². The first-order chi connectivity index (χ1) is 10.2. The van der Waals surface area contributed by atoms with Crippen LogP contribution in [0.25, 0.3) is 0 Å². The second kappa shape index (κ2) is 7.89. The Balaban J connectivity index is 2.01. The maximum atomic E-state index is 12.3. The minimum absolute atomic E-state index is 0.00484. The van der Waals surface area contributed by atoms with Gasteiger partial charge in [-0.05, 0) is 36.8 Å². The molecule has 2 aromatic carbocycles. The van der Waals surface area contributed by atoms with Gasteiger partial charge in [0.05, 0.1) is 5.56 Å². The van der Waals surface area contributed by atoms with Crippen LogP contribution >= 0.6 is 11.8 Å². The SMILES string of the molecule is CCCSc1ccccc1C(=O)NCc1ccc(C)cc1. The zero-order chi connectivity index (χ0) is 15.1. The Morgan fingerprint density at radius 1 is 1.10 bits per heavy atom. The molecule has 0 heterocycles. The quantitative estimate of drug-likeness (QED) is 0.800. The molecule has 0 radical (unpaired) electrons. The summed E-state index contributed by atoms with van der Waals surface area (Å²) in [6, 6.07) is 16.0. The topological polar surface area (TPSA) is 29.1 Å². The molecule has 0 saturated heterocycles. The maximum Gasteiger partial charge on any atom is 0.252 e. The average molecular weight is 299 g/mol. The summed E-state index contributed by atoms with van der Waals surface area (Å²) in [6.07, 6.45) is 1.10. The van der Waals surface area contributed by atoms with Crippen molar-refractivity contribution in [2.75, 3.05) is 5.75 Å². The van der Waals surface area contributed by atoms with Crippen LogP contribution in [0.3, 0.4) is 0 Å². The number of hydrogen-bond acceptors (Lipinski definition) is 2. The molecule has 0 atom stereocenters. The van der Waals surface area contributed by atoms with E-state index < -0.39 is 0 Å². The van der Waals surface area contributed by atoms with Crippen LogP contribution in [-0.2, 0) is 6.54 Å². The van der Waals surface area contributed by atoms with Crippen LogP contribution < -0.4 is 5.32 Å². The van der Waals surface area contributed by atoms with E-state index in [9.17, 15) is 4.79 Å². The van der Waals surface area contributed by atoms with E-state index in [4.69, 9.17) is 0 Å². The first-order valence-corrected chi connectivity index (χ1v) is 8.25. The molecule has 3 heteroatoms. The van der Waals surface area contributed by atoms with E-state index >= 15 is 0 Å². The van der Waals surface area contributed by atoms with Crippen molar-refractivity contribution in [3.63, 3.8) is 0 Å². The van der Waals surface area contributed by atoms with Crippen molar-refractivity contribution in [3.05, 3.63) is 65.2 Å². The van der Waals surface area contributed by atoms with Gasteiger partial charge in [-0.15, -0.1) is 11.8 Å². The van der Waals surface area contributed by atoms with Crippen molar-refractivity contribution >= 4 is 17.7 Å². The second-order valence-electron chi connectivity index (χ2n) is 5.01. The molecule has 21 heavy (non-hydrogen) atoms. The van der Waals surface area contributed by atoms with Gasteiger partial charge in [-0.1, -0.05) is 48.9 Å². The molecule has 0 bridgehead atoms. The highest BCUT2D eigenvalue weighted by molar-refractivity contribution is 7.99. The van der Waals surface area contributed by atoms with Crippen LogP contribution in [0.4, 0.5) is 0 Å². The Labute approximate surface area is 131 Å². The number of benzene rings is 2. The van der Waals surface area contributed by atoms with E-state index in [1.807, 2.05) is 36.4 Å². The fourth-order valence-electron chi connectivity index (χ4n) is 1.98. The summed E-state index contributed by atoms with van der Waals surface area (Å²) < 4.78 is 0. The van der Waals surface area contributed by atoms with Crippen LogP contribution in [0.1, 0.15) is 34.8 Å². The Bertz CT molecular complexity index is 592. The van der Waals surface area contributed by atoms with Gasteiger partial charge in [0.15, 0.2) is 0 Å². The Hall–Kier alpha value is -1.74. The molecule has 2 rings (SSSR count). The minimum Gasteiger partial charge on any atom is -0.348 e. The summed E-state index contributed by atoms with van der Waals surface area (Å²) in [5.41, 5.74) is 3.11. The summed E-state index contributed by atoms with van der Waals surface area (Å²) >= 11 is 1.74. The normalized spacial score (nSPS) is 10.4.